The molecule has 11 rings (SSSR count). The fourth-order valence-electron chi connectivity index (χ4n) is 8.84. The Kier molecular flexibility index (Phi) is 6.21. The van der Waals surface area contributed by atoms with Crippen LogP contribution in [0.1, 0.15) is 25.0 Å². The number of aromatic nitrogens is 1. The van der Waals surface area contributed by atoms with Crippen molar-refractivity contribution in [3.8, 4) is 32.7 Å². The molecule has 1 aliphatic carbocycles. The van der Waals surface area contributed by atoms with E-state index in [9.17, 15) is 0 Å². The third-order valence-corrected chi connectivity index (χ3v) is 12.5. The smallest absolute Gasteiger partial charge is 0.109 e. The van der Waals surface area contributed by atoms with Crippen LogP contribution in [0.2, 0.25) is 0 Å². The van der Waals surface area contributed by atoms with E-state index in [-0.39, 0.29) is 5.41 Å². The molecule has 0 bridgehead atoms. The second-order valence-electron chi connectivity index (χ2n) is 14.6. The van der Waals surface area contributed by atoms with Crippen molar-refractivity contribution in [3.63, 3.8) is 0 Å². The average molecular weight is 683 g/mol. The Balaban J connectivity index is 1.05. The summed E-state index contributed by atoms with van der Waals surface area (Å²) in [5.41, 5.74) is 15.0. The first-order valence-corrected chi connectivity index (χ1v) is 18.8. The van der Waals surface area contributed by atoms with E-state index in [4.69, 9.17) is 0 Å². The lowest BCUT2D eigenvalue weighted by atomic mass is 9.82. The topological polar surface area (TPSA) is 7.65 Å². The predicted molar refractivity (Wildman–Crippen MR) is 222 cm³/mol. The summed E-state index contributed by atoms with van der Waals surface area (Å²) >= 11 is 1.89. The summed E-state index contributed by atoms with van der Waals surface area (Å²) in [6.07, 6.45) is 0. The van der Waals surface area contributed by atoms with Crippen molar-refractivity contribution >= 4 is 65.8 Å². The standard InChI is InChI=1S/C49H34N2S/c1-49(2)43-20-8-6-16-37(43)38-27-26-36(29-44(38)49)50(35-15-10-14-33(28-35)31-12-4-3-5-13-31)34-24-22-32(23-25-34)46-30-42-41-19-11-18-40-39-17-7-9-21-45(39)51(47(40)41)48(42)52-46/h3-30H,1-2H3. The van der Waals surface area contributed by atoms with E-state index in [1.165, 1.54) is 81.2 Å². The van der Waals surface area contributed by atoms with Gasteiger partial charge in [-0.1, -0.05) is 135 Å². The predicted octanol–water partition coefficient (Wildman–Crippen LogP) is 14.0. The van der Waals surface area contributed by atoms with Gasteiger partial charge in [0.2, 0.25) is 0 Å². The molecule has 2 nitrogen and oxygen atoms in total. The lowest BCUT2D eigenvalue weighted by molar-refractivity contribution is 0.660. The summed E-state index contributed by atoms with van der Waals surface area (Å²) in [6, 6.07) is 62.6. The molecule has 246 valence electrons. The number of fused-ring (bicyclic) bond motifs is 9. The maximum absolute atomic E-state index is 2.48. The van der Waals surface area contributed by atoms with E-state index in [1.807, 2.05) is 11.3 Å². The van der Waals surface area contributed by atoms with E-state index in [1.54, 1.807) is 0 Å². The number of anilines is 3. The molecule has 0 unspecified atom stereocenters. The van der Waals surface area contributed by atoms with Crippen LogP contribution < -0.4 is 4.90 Å². The van der Waals surface area contributed by atoms with Gasteiger partial charge >= 0.3 is 0 Å². The van der Waals surface area contributed by atoms with Crippen LogP contribution in [0, 0.1) is 0 Å². The molecule has 3 heteroatoms. The monoisotopic (exact) mass is 682 g/mol. The molecule has 52 heavy (non-hydrogen) atoms. The Morgan fingerprint density at radius 1 is 0.462 bits per heavy atom. The Morgan fingerprint density at radius 3 is 1.98 bits per heavy atom. The zero-order valence-corrected chi connectivity index (χ0v) is 29.8. The molecule has 10 aromatic rings. The van der Waals surface area contributed by atoms with E-state index in [0.717, 1.165) is 17.1 Å². The first-order chi connectivity index (χ1) is 25.5. The van der Waals surface area contributed by atoms with Gasteiger partial charge < -0.3 is 4.90 Å². The molecule has 7 aromatic carbocycles. The fraction of sp³-hybridized carbons (Fsp3) is 0.0612. The third-order valence-electron chi connectivity index (χ3n) is 11.3. The van der Waals surface area contributed by atoms with Gasteiger partial charge in [0.05, 0.1) is 11.0 Å². The molecule has 3 aromatic heterocycles. The lowest BCUT2D eigenvalue weighted by Gasteiger charge is -2.28. The highest BCUT2D eigenvalue weighted by Gasteiger charge is 2.35. The number of para-hydroxylation sites is 2. The summed E-state index contributed by atoms with van der Waals surface area (Å²) in [5.74, 6) is 0. The molecule has 0 fully saturated rings. The van der Waals surface area contributed by atoms with E-state index in [2.05, 4.69) is 193 Å². The molecule has 0 radical (unpaired) electrons. The zero-order chi connectivity index (χ0) is 34.6. The summed E-state index contributed by atoms with van der Waals surface area (Å²) in [7, 11) is 0. The van der Waals surface area contributed by atoms with Crippen LogP contribution in [0.3, 0.4) is 0 Å². The number of thiophene rings is 1. The van der Waals surface area contributed by atoms with Gasteiger partial charge in [0.1, 0.15) is 4.83 Å². The Morgan fingerprint density at radius 2 is 1.12 bits per heavy atom. The van der Waals surface area contributed by atoms with Gasteiger partial charge in [-0.3, -0.25) is 4.40 Å². The number of hydrogen-bond donors (Lipinski definition) is 0. The Bertz CT molecular complexity index is 2980. The SMILES string of the molecule is CC1(C)c2ccccc2-c2ccc(N(c3ccc(-c4cc5c6cccc7c8ccccc8n(c5s4)c76)cc3)c3cccc(-c4ccccc4)c3)cc21. The lowest BCUT2D eigenvalue weighted by Crippen LogP contribution is -2.16. The number of hydrogen-bond acceptors (Lipinski definition) is 2. The van der Waals surface area contributed by atoms with Gasteiger partial charge in [0, 0.05) is 48.9 Å². The molecule has 0 spiro atoms. The molecule has 0 saturated carbocycles. The summed E-state index contributed by atoms with van der Waals surface area (Å²) < 4.78 is 2.48. The molecule has 3 heterocycles. The Hall–Kier alpha value is -6.16. The number of nitrogens with zero attached hydrogens (tertiary/aromatic N) is 2. The molecular weight excluding hydrogens is 649 g/mol. The van der Waals surface area contributed by atoms with Crippen molar-refractivity contribution in [2.45, 2.75) is 19.3 Å². The highest BCUT2D eigenvalue weighted by molar-refractivity contribution is 7.22. The molecule has 0 aliphatic heterocycles. The maximum atomic E-state index is 2.48. The second-order valence-corrected chi connectivity index (χ2v) is 15.6. The van der Waals surface area contributed by atoms with Crippen LogP contribution in [0.5, 0.6) is 0 Å². The highest BCUT2D eigenvalue weighted by Crippen LogP contribution is 2.51. The molecule has 0 N–H and O–H groups in total. The number of benzene rings is 7. The molecule has 0 atom stereocenters. The second kappa shape index (κ2) is 10.9. The number of rotatable bonds is 5. The van der Waals surface area contributed by atoms with Gasteiger partial charge in [-0.05, 0) is 87.5 Å². The van der Waals surface area contributed by atoms with Crippen LogP contribution in [0.15, 0.2) is 170 Å². The van der Waals surface area contributed by atoms with Gasteiger partial charge in [0.15, 0.2) is 0 Å². The van der Waals surface area contributed by atoms with E-state index >= 15 is 0 Å². The zero-order valence-electron chi connectivity index (χ0n) is 29.0. The summed E-state index contributed by atoms with van der Waals surface area (Å²) in [4.78, 5) is 5.02. The fourth-order valence-corrected chi connectivity index (χ4v) is 10.0. The van der Waals surface area contributed by atoms with Gasteiger partial charge in [-0.2, -0.15) is 0 Å². The van der Waals surface area contributed by atoms with Crippen LogP contribution in [-0.4, -0.2) is 4.40 Å². The molecule has 0 saturated heterocycles. The molecule has 0 amide bonds. The summed E-state index contributed by atoms with van der Waals surface area (Å²) in [6.45, 7) is 4.71. The van der Waals surface area contributed by atoms with E-state index < -0.39 is 0 Å². The minimum Gasteiger partial charge on any atom is -0.310 e. The normalized spacial score (nSPS) is 13.3. The van der Waals surface area contributed by atoms with Crippen LogP contribution in [0.4, 0.5) is 17.1 Å². The largest absolute Gasteiger partial charge is 0.310 e. The first kappa shape index (κ1) is 29.6. The van der Waals surface area contributed by atoms with Crippen molar-refractivity contribution < 1.29 is 0 Å². The van der Waals surface area contributed by atoms with Crippen LogP contribution in [0.25, 0.3) is 70.1 Å². The minimum absolute atomic E-state index is 0.0852. The molecule has 1 aliphatic rings. The Labute approximate surface area is 306 Å². The highest BCUT2D eigenvalue weighted by atomic mass is 32.1. The minimum atomic E-state index is -0.0852. The third kappa shape index (κ3) is 4.17. The van der Waals surface area contributed by atoms with Crippen molar-refractivity contribution in [3.05, 3.63) is 181 Å². The van der Waals surface area contributed by atoms with Crippen LogP contribution in [-0.2, 0) is 5.41 Å². The van der Waals surface area contributed by atoms with Gasteiger partial charge in [0.25, 0.3) is 0 Å². The van der Waals surface area contributed by atoms with Crippen LogP contribution >= 0.6 is 11.3 Å². The van der Waals surface area contributed by atoms with Gasteiger partial charge in [-0.25, -0.2) is 0 Å². The van der Waals surface area contributed by atoms with Crippen molar-refractivity contribution in [1.82, 2.24) is 4.40 Å². The van der Waals surface area contributed by atoms with Crippen molar-refractivity contribution in [2.24, 2.45) is 0 Å². The van der Waals surface area contributed by atoms with Crippen molar-refractivity contribution in [2.75, 3.05) is 4.90 Å². The van der Waals surface area contributed by atoms with E-state index in [0.29, 0.717) is 0 Å². The summed E-state index contributed by atoms with van der Waals surface area (Å²) in [5, 5.41) is 5.31. The molecular formula is C49H34N2S. The van der Waals surface area contributed by atoms with Gasteiger partial charge in [-0.15, -0.1) is 11.3 Å². The quantitative estimate of drug-likeness (QED) is 0.175. The van der Waals surface area contributed by atoms with Crippen molar-refractivity contribution in [1.29, 1.82) is 0 Å². The first-order valence-electron chi connectivity index (χ1n) is 18.0. The maximum Gasteiger partial charge on any atom is 0.109 e. The average Bonchev–Trinajstić information content (AvgIpc) is 3.92.